The number of hydrogen-bond donors (Lipinski definition) is 1. The monoisotopic (exact) mass is 446 g/mol. The smallest absolute Gasteiger partial charge is 0.407 e. The maximum Gasteiger partial charge on any atom is 0.407 e. The maximum atomic E-state index is 12.4. The lowest BCUT2D eigenvalue weighted by molar-refractivity contribution is -0.107. The van der Waals surface area contributed by atoms with Crippen molar-refractivity contribution in [2.75, 3.05) is 32.8 Å². The Kier molecular flexibility index (Phi) is 7.18. The van der Waals surface area contributed by atoms with Crippen LogP contribution in [-0.4, -0.2) is 82.1 Å². The zero-order valence-corrected chi connectivity index (χ0v) is 18.9. The van der Waals surface area contributed by atoms with Gasteiger partial charge in [0.2, 0.25) is 0 Å². The molecule has 11 heteroatoms. The first-order valence-electron chi connectivity index (χ1n) is 10.4. The number of carbonyl (C=O) groups excluding carboxylic acids is 2. The van der Waals surface area contributed by atoms with Crippen LogP contribution in [-0.2, 0) is 14.4 Å². The molecule has 32 heavy (non-hydrogen) atoms. The van der Waals surface area contributed by atoms with Gasteiger partial charge >= 0.3 is 12.1 Å². The largest absolute Gasteiger partial charge is 0.444 e. The van der Waals surface area contributed by atoms with Gasteiger partial charge in [-0.15, -0.1) is 6.58 Å². The number of carbonyl (C=O) groups is 2. The quantitative estimate of drug-likeness (QED) is 0.270. The van der Waals surface area contributed by atoms with Gasteiger partial charge in [0.1, 0.15) is 23.6 Å². The Morgan fingerprint density at radius 2 is 2.22 bits per heavy atom. The van der Waals surface area contributed by atoms with E-state index in [4.69, 9.17) is 14.4 Å². The van der Waals surface area contributed by atoms with Gasteiger partial charge in [-0.1, -0.05) is 11.2 Å². The summed E-state index contributed by atoms with van der Waals surface area (Å²) in [5.74, 6) is 0. The topological polar surface area (TPSA) is 111 Å². The number of hydrogen-bond acceptors (Lipinski definition) is 7. The number of urea groups is 1. The highest BCUT2D eigenvalue weighted by Gasteiger charge is 2.41. The molecule has 1 saturated heterocycles. The Labute approximate surface area is 187 Å². The van der Waals surface area contributed by atoms with Gasteiger partial charge < -0.3 is 19.8 Å². The maximum absolute atomic E-state index is 12.4. The van der Waals surface area contributed by atoms with E-state index in [2.05, 4.69) is 22.2 Å². The van der Waals surface area contributed by atoms with Crippen LogP contribution in [0.25, 0.3) is 5.70 Å². The van der Waals surface area contributed by atoms with Crippen molar-refractivity contribution in [3.8, 4) is 0 Å². The Morgan fingerprint density at radius 1 is 1.44 bits per heavy atom. The number of rotatable bonds is 9. The number of fused-ring (bicyclic) bond motifs is 2. The highest BCUT2D eigenvalue weighted by atomic mass is 16.7. The van der Waals surface area contributed by atoms with Crippen molar-refractivity contribution < 1.29 is 24.0 Å². The first-order valence-corrected chi connectivity index (χ1v) is 10.4. The van der Waals surface area contributed by atoms with Crippen LogP contribution in [0.1, 0.15) is 33.4 Å². The summed E-state index contributed by atoms with van der Waals surface area (Å²) in [6.07, 6.45) is 4.90. The van der Waals surface area contributed by atoms with Crippen molar-refractivity contribution in [2.24, 2.45) is 5.16 Å². The minimum Gasteiger partial charge on any atom is -0.444 e. The molecule has 11 nitrogen and oxygen atoms in total. The Morgan fingerprint density at radius 3 is 2.94 bits per heavy atom. The summed E-state index contributed by atoms with van der Waals surface area (Å²) in [7, 11) is 0. The Balaban J connectivity index is 1.52. The van der Waals surface area contributed by atoms with Gasteiger partial charge in [0.05, 0.1) is 31.4 Å². The normalized spacial score (nSPS) is 18.5. The van der Waals surface area contributed by atoms with E-state index >= 15 is 0 Å². The van der Waals surface area contributed by atoms with Gasteiger partial charge in [0.15, 0.2) is 0 Å². The first-order chi connectivity index (χ1) is 15.2. The van der Waals surface area contributed by atoms with Crippen molar-refractivity contribution in [2.45, 2.75) is 39.3 Å². The number of hydroxylamine groups is 2. The van der Waals surface area contributed by atoms with Crippen LogP contribution >= 0.6 is 0 Å². The minimum atomic E-state index is -0.549. The SMILES string of the molecule is C=CCON1C(=O)N2CC(n3ccc(/C(C)=N/OCCNC(=O)OC(C)(C)C)n3)=CC1C2. The number of nitrogens with zero attached hydrogens (tertiary/aromatic N) is 5. The summed E-state index contributed by atoms with van der Waals surface area (Å²) in [5, 5.41) is 12.6. The van der Waals surface area contributed by atoms with Crippen LogP contribution in [0.5, 0.6) is 0 Å². The number of aromatic nitrogens is 2. The fourth-order valence-corrected chi connectivity index (χ4v) is 3.19. The second-order valence-corrected chi connectivity index (χ2v) is 8.38. The summed E-state index contributed by atoms with van der Waals surface area (Å²) >= 11 is 0. The molecule has 0 aromatic carbocycles. The predicted molar refractivity (Wildman–Crippen MR) is 118 cm³/mol. The predicted octanol–water partition coefficient (Wildman–Crippen LogP) is 2.23. The molecule has 1 fully saturated rings. The summed E-state index contributed by atoms with van der Waals surface area (Å²) in [4.78, 5) is 36.5. The second-order valence-electron chi connectivity index (χ2n) is 8.38. The molecule has 2 bridgehead atoms. The third-order valence-corrected chi connectivity index (χ3v) is 4.55. The van der Waals surface area contributed by atoms with Crippen molar-refractivity contribution >= 4 is 23.5 Å². The van der Waals surface area contributed by atoms with Crippen molar-refractivity contribution in [3.05, 3.63) is 36.7 Å². The summed E-state index contributed by atoms with van der Waals surface area (Å²) < 4.78 is 6.87. The lowest BCUT2D eigenvalue weighted by Gasteiger charge is -2.21. The molecule has 2 aliphatic rings. The first kappa shape index (κ1) is 23.3. The van der Waals surface area contributed by atoms with Crippen LogP contribution in [0.3, 0.4) is 0 Å². The Bertz CT molecular complexity index is 916. The average molecular weight is 447 g/mol. The van der Waals surface area contributed by atoms with E-state index in [1.54, 1.807) is 43.4 Å². The number of nitrogens with one attached hydrogen (secondary N) is 1. The fraction of sp³-hybridized carbons (Fsp3) is 0.524. The summed E-state index contributed by atoms with van der Waals surface area (Å²) in [6, 6.07) is 1.48. The molecule has 3 amide bonds. The molecular formula is C21H30N6O5. The van der Waals surface area contributed by atoms with E-state index in [1.807, 2.05) is 18.3 Å². The van der Waals surface area contributed by atoms with Crippen LogP contribution in [0, 0.1) is 0 Å². The highest BCUT2D eigenvalue weighted by Crippen LogP contribution is 2.26. The van der Waals surface area contributed by atoms with Gasteiger partial charge in [-0.3, -0.25) is 4.84 Å². The summed E-state index contributed by atoms with van der Waals surface area (Å²) in [5.41, 5.74) is 1.56. The third-order valence-electron chi connectivity index (χ3n) is 4.55. The molecule has 1 atom stereocenters. The molecule has 0 aliphatic carbocycles. The molecule has 1 unspecified atom stereocenters. The van der Waals surface area contributed by atoms with Crippen LogP contribution in [0.15, 0.2) is 36.1 Å². The molecule has 0 saturated carbocycles. The zero-order valence-electron chi connectivity index (χ0n) is 18.9. The number of ether oxygens (including phenoxy) is 1. The minimum absolute atomic E-state index is 0.165. The van der Waals surface area contributed by atoms with Crippen molar-refractivity contribution in [3.63, 3.8) is 0 Å². The standard InChI is InChI=1S/C21H30N6O5/c1-6-10-31-27-17-12-16(13-25(14-17)20(27)29)26-9-7-18(23-26)15(2)24-30-11-8-22-19(28)32-21(3,4)5/h6-7,9,12,17H,1,8,10-11,13-14H2,2-5H3,(H,22,28)/b24-15+. The van der Waals surface area contributed by atoms with Gasteiger partial charge in [-0.25, -0.2) is 14.3 Å². The fourth-order valence-electron chi connectivity index (χ4n) is 3.19. The molecule has 1 aromatic heterocycles. The molecule has 2 aliphatic heterocycles. The van der Waals surface area contributed by atoms with E-state index in [0.717, 1.165) is 5.70 Å². The molecule has 3 rings (SSSR count). The van der Waals surface area contributed by atoms with Gasteiger partial charge in [-0.2, -0.15) is 10.2 Å². The van der Waals surface area contributed by atoms with E-state index < -0.39 is 11.7 Å². The van der Waals surface area contributed by atoms with Crippen LogP contribution in [0.2, 0.25) is 0 Å². The Hall–Kier alpha value is -3.34. The van der Waals surface area contributed by atoms with E-state index in [-0.39, 0.29) is 31.8 Å². The molecule has 3 heterocycles. The highest BCUT2D eigenvalue weighted by molar-refractivity contribution is 5.96. The van der Waals surface area contributed by atoms with Gasteiger partial charge in [-0.05, 0) is 39.8 Å². The van der Waals surface area contributed by atoms with Gasteiger partial charge in [0.25, 0.3) is 0 Å². The zero-order chi connectivity index (χ0) is 23.3. The second kappa shape index (κ2) is 9.86. The number of oxime groups is 1. The number of amides is 3. The molecule has 174 valence electrons. The third kappa shape index (κ3) is 5.88. The molecule has 0 spiro atoms. The van der Waals surface area contributed by atoms with Crippen LogP contribution < -0.4 is 5.32 Å². The van der Waals surface area contributed by atoms with E-state index in [0.29, 0.717) is 24.5 Å². The molecule has 1 aromatic rings. The molecule has 1 N–H and O–H groups in total. The molecular weight excluding hydrogens is 416 g/mol. The van der Waals surface area contributed by atoms with E-state index in [9.17, 15) is 9.59 Å². The van der Waals surface area contributed by atoms with E-state index in [1.165, 1.54) is 5.06 Å². The lowest BCUT2D eigenvalue weighted by Crippen LogP contribution is -2.34. The van der Waals surface area contributed by atoms with Crippen molar-refractivity contribution in [1.82, 2.24) is 25.1 Å². The van der Waals surface area contributed by atoms with Crippen LogP contribution in [0.4, 0.5) is 9.59 Å². The summed E-state index contributed by atoms with van der Waals surface area (Å²) in [6.45, 7) is 12.5. The lowest BCUT2D eigenvalue weighted by atomic mass is 10.2. The average Bonchev–Trinajstić information content (AvgIpc) is 3.29. The molecule has 0 radical (unpaired) electrons. The van der Waals surface area contributed by atoms with Crippen molar-refractivity contribution in [1.29, 1.82) is 0 Å². The van der Waals surface area contributed by atoms with Gasteiger partial charge in [0, 0.05) is 12.7 Å². The number of alkyl carbamates (subject to hydrolysis) is 1.